The van der Waals surface area contributed by atoms with Gasteiger partial charge in [0.15, 0.2) is 11.6 Å². The minimum atomic E-state index is -0.486. The maximum Gasteiger partial charge on any atom is 0.255 e. The summed E-state index contributed by atoms with van der Waals surface area (Å²) in [6.45, 7) is 0.542. The number of hydrogen-bond acceptors (Lipinski definition) is 5. The lowest BCUT2D eigenvalue weighted by Gasteiger charge is -2.14. The Hall–Kier alpha value is -3.39. The molecule has 0 aliphatic heterocycles. The van der Waals surface area contributed by atoms with Crippen molar-refractivity contribution >= 4 is 5.91 Å². The Labute approximate surface area is 179 Å². The molecular formula is C23H24FN3O4. The number of methoxy groups -OCH3 is 1. The number of nitrogens with one attached hydrogen (secondary N) is 2. The number of aromatic amines is 1. The Morgan fingerprint density at radius 2 is 2.06 bits per heavy atom. The normalized spacial score (nSPS) is 13.1. The molecule has 31 heavy (non-hydrogen) atoms. The highest BCUT2D eigenvalue weighted by Crippen LogP contribution is 2.32. The van der Waals surface area contributed by atoms with Crippen LogP contribution in [-0.4, -0.2) is 34.9 Å². The van der Waals surface area contributed by atoms with Crippen molar-refractivity contribution in [3.8, 4) is 22.8 Å². The summed E-state index contributed by atoms with van der Waals surface area (Å²) in [5.41, 5.74) is 2.86. The van der Waals surface area contributed by atoms with Crippen LogP contribution in [0.2, 0.25) is 0 Å². The second kappa shape index (κ2) is 9.18. The standard InChI is InChI=1S/C23H24FN3O4/c1-30-21-6-4-15(8-19(21)24)10-25-23(29)18-9-16(22-17(12-28)11-26-27-22)5-7-20(18)31-13-14-2-3-14/h4-9,11,14,28H,2-3,10,12-13H2,1H3,(H,25,29)(H,26,27). The van der Waals surface area contributed by atoms with Crippen LogP contribution in [0.1, 0.15) is 34.3 Å². The predicted octanol–water partition coefficient (Wildman–Crippen LogP) is 3.44. The molecule has 3 N–H and O–H groups in total. The van der Waals surface area contributed by atoms with E-state index < -0.39 is 5.82 Å². The van der Waals surface area contributed by atoms with Crippen LogP contribution >= 0.6 is 0 Å². The van der Waals surface area contributed by atoms with Crippen LogP contribution in [0.3, 0.4) is 0 Å². The number of benzene rings is 2. The second-order valence-electron chi connectivity index (χ2n) is 7.53. The Kier molecular flexibility index (Phi) is 6.18. The molecule has 1 heterocycles. The average Bonchev–Trinajstić information content (AvgIpc) is 3.50. The van der Waals surface area contributed by atoms with E-state index in [0.29, 0.717) is 46.2 Å². The van der Waals surface area contributed by atoms with Gasteiger partial charge >= 0.3 is 0 Å². The molecule has 7 nitrogen and oxygen atoms in total. The lowest BCUT2D eigenvalue weighted by molar-refractivity contribution is 0.0946. The number of H-pyrrole nitrogens is 1. The van der Waals surface area contributed by atoms with E-state index in [2.05, 4.69) is 15.5 Å². The zero-order valence-corrected chi connectivity index (χ0v) is 17.2. The number of aromatic nitrogens is 2. The van der Waals surface area contributed by atoms with Gasteiger partial charge in [0.25, 0.3) is 5.91 Å². The molecule has 0 spiro atoms. The van der Waals surface area contributed by atoms with E-state index >= 15 is 0 Å². The van der Waals surface area contributed by atoms with Crippen LogP contribution in [0, 0.1) is 11.7 Å². The Morgan fingerprint density at radius 1 is 1.26 bits per heavy atom. The molecule has 0 bridgehead atoms. The van der Waals surface area contributed by atoms with Crippen LogP contribution in [0.15, 0.2) is 42.6 Å². The van der Waals surface area contributed by atoms with Crippen molar-refractivity contribution in [2.45, 2.75) is 26.0 Å². The van der Waals surface area contributed by atoms with Crippen molar-refractivity contribution < 1.29 is 23.8 Å². The molecular weight excluding hydrogens is 401 g/mol. The summed E-state index contributed by atoms with van der Waals surface area (Å²) in [5, 5.41) is 19.3. The van der Waals surface area contributed by atoms with Crippen molar-refractivity contribution in [2.24, 2.45) is 5.92 Å². The third-order valence-corrected chi connectivity index (χ3v) is 5.23. The minimum Gasteiger partial charge on any atom is -0.494 e. The fraction of sp³-hybridized carbons (Fsp3) is 0.304. The van der Waals surface area contributed by atoms with Gasteiger partial charge in [0.05, 0.1) is 31.6 Å². The lowest BCUT2D eigenvalue weighted by Crippen LogP contribution is -2.24. The van der Waals surface area contributed by atoms with Gasteiger partial charge in [-0.2, -0.15) is 5.10 Å². The summed E-state index contributed by atoms with van der Waals surface area (Å²) >= 11 is 0. The molecule has 1 saturated carbocycles. The van der Waals surface area contributed by atoms with Crippen molar-refractivity contribution in [3.05, 3.63) is 65.1 Å². The quantitative estimate of drug-likeness (QED) is 0.488. The molecule has 0 unspecified atom stereocenters. The van der Waals surface area contributed by atoms with Crippen molar-refractivity contribution in [2.75, 3.05) is 13.7 Å². The van der Waals surface area contributed by atoms with Gasteiger partial charge in [-0.1, -0.05) is 6.07 Å². The van der Waals surface area contributed by atoms with Gasteiger partial charge in [-0.05, 0) is 54.7 Å². The van der Waals surface area contributed by atoms with E-state index in [-0.39, 0.29) is 24.8 Å². The Morgan fingerprint density at radius 3 is 2.77 bits per heavy atom. The average molecular weight is 425 g/mol. The van der Waals surface area contributed by atoms with E-state index in [9.17, 15) is 14.3 Å². The molecule has 4 rings (SSSR count). The highest BCUT2D eigenvalue weighted by atomic mass is 19.1. The predicted molar refractivity (Wildman–Crippen MR) is 112 cm³/mol. The summed E-state index contributed by atoms with van der Waals surface area (Å²) in [7, 11) is 1.40. The number of hydrogen-bond donors (Lipinski definition) is 3. The maximum absolute atomic E-state index is 13.9. The van der Waals surface area contributed by atoms with E-state index in [1.54, 1.807) is 24.4 Å². The Bertz CT molecular complexity index is 1080. The summed E-state index contributed by atoms with van der Waals surface area (Å²) in [4.78, 5) is 13.0. The number of amides is 1. The number of carbonyl (C=O) groups is 1. The van der Waals surface area contributed by atoms with Crippen LogP contribution in [0.25, 0.3) is 11.3 Å². The van der Waals surface area contributed by atoms with Crippen molar-refractivity contribution in [1.82, 2.24) is 15.5 Å². The number of aliphatic hydroxyl groups is 1. The number of halogens is 1. The highest BCUT2D eigenvalue weighted by Gasteiger charge is 2.24. The molecule has 0 saturated heterocycles. The first-order valence-corrected chi connectivity index (χ1v) is 10.1. The SMILES string of the molecule is COc1ccc(CNC(=O)c2cc(-c3n[nH]cc3CO)ccc2OCC2CC2)cc1F. The number of nitrogens with zero attached hydrogens (tertiary/aromatic N) is 1. The van der Waals surface area contributed by atoms with Crippen LogP contribution in [-0.2, 0) is 13.2 Å². The summed E-state index contributed by atoms with van der Waals surface area (Å²) in [6, 6.07) is 9.80. The third kappa shape index (κ3) is 4.86. The van der Waals surface area contributed by atoms with Gasteiger partial charge in [-0.3, -0.25) is 9.89 Å². The van der Waals surface area contributed by atoms with E-state index in [0.717, 1.165) is 12.8 Å². The molecule has 1 amide bonds. The van der Waals surface area contributed by atoms with Crippen molar-refractivity contribution in [3.63, 3.8) is 0 Å². The molecule has 1 aliphatic carbocycles. The number of ether oxygens (including phenoxy) is 2. The highest BCUT2D eigenvalue weighted by molar-refractivity contribution is 5.98. The fourth-order valence-corrected chi connectivity index (χ4v) is 3.26. The Balaban J connectivity index is 1.56. The largest absolute Gasteiger partial charge is 0.494 e. The first-order chi connectivity index (χ1) is 15.1. The molecule has 8 heteroatoms. The molecule has 2 aromatic carbocycles. The first kappa shape index (κ1) is 20.9. The summed E-state index contributed by atoms with van der Waals surface area (Å²) in [6.07, 6.45) is 3.89. The monoisotopic (exact) mass is 425 g/mol. The van der Waals surface area contributed by atoms with E-state index in [4.69, 9.17) is 9.47 Å². The van der Waals surface area contributed by atoms with Crippen LogP contribution < -0.4 is 14.8 Å². The number of rotatable bonds is 9. The second-order valence-corrected chi connectivity index (χ2v) is 7.53. The first-order valence-electron chi connectivity index (χ1n) is 10.1. The van der Waals surface area contributed by atoms with Crippen LogP contribution in [0.5, 0.6) is 11.5 Å². The maximum atomic E-state index is 13.9. The topological polar surface area (TPSA) is 96.5 Å². The molecule has 162 valence electrons. The fourth-order valence-electron chi connectivity index (χ4n) is 3.26. The lowest BCUT2D eigenvalue weighted by atomic mass is 10.0. The molecule has 1 aliphatic rings. The van der Waals surface area contributed by atoms with Gasteiger partial charge in [0.1, 0.15) is 5.75 Å². The zero-order valence-electron chi connectivity index (χ0n) is 17.2. The summed E-state index contributed by atoms with van der Waals surface area (Å²) in [5.74, 6) is 0.335. The van der Waals surface area contributed by atoms with Crippen LogP contribution in [0.4, 0.5) is 4.39 Å². The van der Waals surface area contributed by atoms with Gasteiger partial charge in [-0.25, -0.2) is 4.39 Å². The smallest absolute Gasteiger partial charge is 0.255 e. The zero-order chi connectivity index (χ0) is 21.8. The van der Waals surface area contributed by atoms with Crippen molar-refractivity contribution in [1.29, 1.82) is 0 Å². The van der Waals surface area contributed by atoms with E-state index in [1.807, 2.05) is 6.07 Å². The van der Waals surface area contributed by atoms with Gasteiger partial charge < -0.3 is 19.9 Å². The third-order valence-electron chi connectivity index (χ3n) is 5.23. The molecule has 0 atom stereocenters. The van der Waals surface area contributed by atoms with Gasteiger partial charge in [0, 0.05) is 23.9 Å². The molecule has 3 aromatic rings. The molecule has 1 aromatic heterocycles. The summed E-state index contributed by atoms with van der Waals surface area (Å²) < 4.78 is 24.8. The van der Waals surface area contributed by atoms with Gasteiger partial charge in [-0.15, -0.1) is 0 Å². The molecule has 0 radical (unpaired) electrons. The number of carbonyl (C=O) groups excluding carboxylic acids is 1. The number of aliphatic hydroxyl groups excluding tert-OH is 1. The minimum absolute atomic E-state index is 0.149. The molecule has 1 fully saturated rings. The van der Waals surface area contributed by atoms with E-state index in [1.165, 1.54) is 19.2 Å². The van der Waals surface area contributed by atoms with Gasteiger partial charge in [0.2, 0.25) is 0 Å².